The molecule has 0 heterocycles. The molecule has 72 valence electrons. The molecule has 3 N–H and O–H groups in total. The monoisotopic (exact) mass is 198 g/mol. The molecule has 0 radical (unpaired) electrons. The zero-order valence-electron chi connectivity index (χ0n) is 7.57. The van der Waals surface area contributed by atoms with E-state index >= 15 is 0 Å². The SMILES string of the molecule is N#CNc1cc(NC#N)cc(NC#N)c1. The molecule has 0 atom stereocenters. The van der Waals surface area contributed by atoms with E-state index in [2.05, 4.69) is 16.0 Å². The van der Waals surface area contributed by atoms with Gasteiger partial charge in [0.1, 0.15) is 0 Å². The van der Waals surface area contributed by atoms with Gasteiger partial charge < -0.3 is 0 Å². The van der Waals surface area contributed by atoms with Crippen LogP contribution in [-0.4, -0.2) is 0 Å². The van der Waals surface area contributed by atoms with Gasteiger partial charge in [0, 0.05) is 0 Å². The molecule has 0 aliphatic carbocycles. The summed E-state index contributed by atoms with van der Waals surface area (Å²) in [6.07, 6.45) is 5.25. The predicted molar refractivity (Wildman–Crippen MR) is 54.1 cm³/mol. The van der Waals surface area contributed by atoms with Gasteiger partial charge in [0.15, 0.2) is 18.6 Å². The summed E-state index contributed by atoms with van der Waals surface area (Å²) in [4.78, 5) is 0. The van der Waals surface area contributed by atoms with Crippen molar-refractivity contribution in [2.75, 3.05) is 16.0 Å². The van der Waals surface area contributed by atoms with Crippen molar-refractivity contribution >= 4 is 17.1 Å². The summed E-state index contributed by atoms with van der Waals surface area (Å²) in [5, 5.41) is 32.5. The third kappa shape index (κ3) is 2.80. The maximum Gasteiger partial charge on any atom is 0.181 e. The molecular weight excluding hydrogens is 192 g/mol. The van der Waals surface area contributed by atoms with Crippen LogP contribution in [0.1, 0.15) is 0 Å². The number of anilines is 3. The fraction of sp³-hybridized carbons (Fsp3) is 0. The van der Waals surface area contributed by atoms with Crippen molar-refractivity contribution in [1.29, 1.82) is 15.8 Å². The second-order valence-electron chi connectivity index (χ2n) is 2.51. The Morgan fingerprint density at radius 1 is 0.667 bits per heavy atom. The van der Waals surface area contributed by atoms with Crippen LogP contribution in [0, 0.1) is 34.4 Å². The van der Waals surface area contributed by atoms with Gasteiger partial charge >= 0.3 is 0 Å². The first-order valence-corrected chi connectivity index (χ1v) is 3.90. The van der Waals surface area contributed by atoms with Crippen LogP contribution in [0.2, 0.25) is 0 Å². The van der Waals surface area contributed by atoms with E-state index in [-0.39, 0.29) is 0 Å². The summed E-state index contributed by atoms with van der Waals surface area (Å²) in [5.74, 6) is 0. The summed E-state index contributed by atoms with van der Waals surface area (Å²) < 4.78 is 0. The summed E-state index contributed by atoms with van der Waals surface area (Å²) in [7, 11) is 0. The van der Waals surface area contributed by atoms with E-state index in [9.17, 15) is 0 Å². The second kappa shape index (κ2) is 4.96. The number of nitrogens with zero attached hydrogens (tertiary/aromatic N) is 3. The van der Waals surface area contributed by atoms with Gasteiger partial charge in [0.2, 0.25) is 0 Å². The number of benzene rings is 1. The molecule has 0 aliphatic heterocycles. The molecule has 0 aromatic heterocycles. The van der Waals surface area contributed by atoms with Crippen LogP contribution in [0.25, 0.3) is 0 Å². The van der Waals surface area contributed by atoms with E-state index in [1.165, 1.54) is 0 Å². The van der Waals surface area contributed by atoms with Crippen LogP contribution in [-0.2, 0) is 0 Å². The van der Waals surface area contributed by atoms with Gasteiger partial charge in [-0.1, -0.05) is 0 Å². The largest absolute Gasteiger partial charge is 0.293 e. The molecule has 0 saturated heterocycles. The molecule has 0 bridgehead atoms. The molecule has 0 spiro atoms. The summed E-state index contributed by atoms with van der Waals surface area (Å²) >= 11 is 0. The van der Waals surface area contributed by atoms with Crippen molar-refractivity contribution in [2.24, 2.45) is 0 Å². The van der Waals surface area contributed by atoms with Crippen LogP contribution in [0.3, 0.4) is 0 Å². The van der Waals surface area contributed by atoms with Crippen LogP contribution >= 0.6 is 0 Å². The Kier molecular flexibility index (Phi) is 3.36. The number of rotatable bonds is 3. The van der Waals surface area contributed by atoms with Crippen molar-refractivity contribution in [3.63, 3.8) is 0 Å². The van der Waals surface area contributed by atoms with Gasteiger partial charge in [-0.15, -0.1) is 0 Å². The molecule has 1 aromatic rings. The van der Waals surface area contributed by atoms with Crippen LogP contribution in [0.4, 0.5) is 17.1 Å². The maximum atomic E-state index is 8.43. The number of nitriles is 3. The molecule has 1 aromatic carbocycles. The van der Waals surface area contributed by atoms with Gasteiger partial charge in [-0.2, -0.15) is 15.8 Å². The molecule has 0 amide bonds. The zero-order valence-corrected chi connectivity index (χ0v) is 7.57. The fourth-order valence-electron chi connectivity index (χ4n) is 1.04. The average Bonchev–Trinajstić information content (AvgIpc) is 2.19. The highest BCUT2D eigenvalue weighted by molar-refractivity contribution is 5.69. The lowest BCUT2D eigenvalue weighted by molar-refractivity contribution is 1.44. The molecule has 1 rings (SSSR count). The Balaban J connectivity index is 3.05. The minimum Gasteiger partial charge on any atom is -0.293 e. The Hall–Kier alpha value is -2.91. The van der Waals surface area contributed by atoms with Gasteiger partial charge in [0.05, 0.1) is 17.1 Å². The Morgan fingerprint density at radius 3 is 1.13 bits per heavy atom. The molecule has 0 saturated carbocycles. The highest BCUT2D eigenvalue weighted by atomic mass is 14.9. The third-order valence-corrected chi connectivity index (χ3v) is 1.53. The minimum atomic E-state index is 0.496. The van der Waals surface area contributed by atoms with E-state index in [0.29, 0.717) is 17.1 Å². The van der Waals surface area contributed by atoms with Crippen molar-refractivity contribution < 1.29 is 0 Å². The van der Waals surface area contributed by atoms with Gasteiger partial charge in [-0.25, -0.2) is 0 Å². The van der Waals surface area contributed by atoms with Crippen LogP contribution in [0.15, 0.2) is 18.2 Å². The lowest BCUT2D eigenvalue weighted by Gasteiger charge is -2.05. The van der Waals surface area contributed by atoms with Crippen molar-refractivity contribution in [1.82, 2.24) is 0 Å². The van der Waals surface area contributed by atoms with Gasteiger partial charge in [-0.05, 0) is 18.2 Å². The molecule has 0 fully saturated rings. The summed E-state index contributed by atoms with van der Waals surface area (Å²) in [6.45, 7) is 0. The number of hydrogen-bond donors (Lipinski definition) is 3. The molecular formula is C9H6N6. The molecule has 0 aliphatic rings. The Morgan fingerprint density at radius 2 is 0.933 bits per heavy atom. The van der Waals surface area contributed by atoms with E-state index < -0.39 is 0 Å². The lowest BCUT2D eigenvalue weighted by atomic mass is 10.2. The molecule has 0 unspecified atom stereocenters. The topological polar surface area (TPSA) is 107 Å². The van der Waals surface area contributed by atoms with Crippen LogP contribution in [0.5, 0.6) is 0 Å². The van der Waals surface area contributed by atoms with Gasteiger partial charge in [0.25, 0.3) is 0 Å². The van der Waals surface area contributed by atoms with E-state index in [1.807, 2.05) is 0 Å². The smallest absolute Gasteiger partial charge is 0.181 e. The summed E-state index contributed by atoms with van der Waals surface area (Å²) in [6, 6.07) is 4.74. The fourth-order valence-corrected chi connectivity index (χ4v) is 1.04. The molecule has 6 heteroatoms. The maximum absolute atomic E-state index is 8.43. The first-order valence-electron chi connectivity index (χ1n) is 3.90. The zero-order chi connectivity index (χ0) is 11.1. The minimum absolute atomic E-state index is 0.496. The van der Waals surface area contributed by atoms with Crippen LogP contribution < -0.4 is 16.0 Å². The van der Waals surface area contributed by atoms with Crippen molar-refractivity contribution in [3.8, 4) is 18.6 Å². The van der Waals surface area contributed by atoms with E-state index in [0.717, 1.165) is 0 Å². The number of nitrogens with one attached hydrogen (secondary N) is 3. The van der Waals surface area contributed by atoms with E-state index in [1.54, 1.807) is 36.8 Å². The normalized spacial score (nSPS) is 7.80. The number of hydrogen-bond acceptors (Lipinski definition) is 6. The quantitative estimate of drug-likeness (QED) is 0.500. The van der Waals surface area contributed by atoms with Crippen molar-refractivity contribution in [3.05, 3.63) is 18.2 Å². The Bertz CT molecular complexity index is 389. The first kappa shape index (κ1) is 10.2. The average molecular weight is 198 g/mol. The summed E-state index contributed by atoms with van der Waals surface area (Å²) in [5.41, 5.74) is 1.49. The van der Waals surface area contributed by atoms with E-state index in [4.69, 9.17) is 15.8 Å². The highest BCUT2D eigenvalue weighted by Gasteiger charge is 1.99. The Labute approximate surface area is 86.4 Å². The predicted octanol–water partition coefficient (Wildman–Crippen LogP) is 1.37. The van der Waals surface area contributed by atoms with Gasteiger partial charge in [-0.3, -0.25) is 16.0 Å². The molecule has 15 heavy (non-hydrogen) atoms. The first-order chi connectivity index (χ1) is 7.30. The third-order valence-electron chi connectivity index (χ3n) is 1.53. The highest BCUT2D eigenvalue weighted by Crippen LogP contribution is 2.22. The molecule has 6 nitrogen and oxygen atoms in total. The second-order valence-corrected chi connectivity index (χ2v) is 2.51. The van der Waals surface area contributed by atoms with Crippen molar-refractivity contribution in [2.45, 2.75) is 0 Å². The standard InChI is InChI=1S/C9H6N6/c10-4-13-7-1-8(14-5-11)3-9(2-7)15-6-12/h1-3,13-15H. The lowest BCUT2D eigenvalue weighted by Crippen LogP contribution is -1.95.